The first kappa shape index (κ1) is 29.5. The molecule has 0 saturated carbocycles. The summed E-state index contributed by atoms with van der Waals surface area (Å²) in [6.07, 6.45) is 1.55. The summed E-state index contributed by atoms with van der Waals surface area (Å²) in [4.78, 5) is 36.8. The Labute approximate surface area is 229 Å². The van der Waals surface area contributed by atoms with E-state index in [2.05, 4.69) is 34.9 Å². The molecule has 10 nitrogen and oxygen atoms in total. The van der Waals surface area contributed by atoms with Crippen molar-refractivity contribution >= 4 is 35.0 Å². The molecule has 0 aliphatic carbocycles. The van der Waals surface area contributed by atoms with Gasteiger partial charge >= 0.3 is 12.0 Å². The Balaban J connectivity index is 1.63. The van der Waals surface area contributed by atoms with Crippen molar-refractivity contribution in [3.8, 4) is 5.75 Å². The number of hydrogen-bond acceptors (Lipinski definition) is 6. The first-order valence-electron chi connectivity index (χ1n) is 13.2. The number of ether oxygens (including phenoxy) is 1. The summed E-state index contributed by atoms with van der Waals surface area (Å²) in [5, 5.41) is 24.4. The third kappa shape index (κ3) is 8.73. The molecule has 1 heterocycles. The van der Waals surface area contributed by atoms with Gasteiger partial charge < -0.3 is 25.8 Å². The number of aryl methyl sites for hydroxylation is 1. The molecule has 39 heavy (non-hydrogen) atoms. The van der Waals surface area contributed by atoms with E-state index < -0.39 is 17.9 Å². The summed E-state index contributed by atoms with van der Waals surface area (Å²) in [5.41, 5.74) is 3.75. The lowest BCUT2D eigenvalue weighted by molar-refractivity contribution is -0.141. The number of carbonyl (C=O) groups is 3. The zero-order chi connectivity index (χ0) is 28.5. The SMILES string of the molecule is COc1cc(CC(=O)NC(CC(C)C)C2=NN(CC(C)C(=O)O)CC2)ccc1NC(=O)Nc1ccccc1C. The highest BCUT2D eigenvalue weighted by molar-refractivity contribution is 6.01. The van der Waals surface area contributed by atoms with Crippen LogP contribution in [0.3, 0.4) is 0 Å². The average Bonchev–Trinajstić information content (AvgIpc) is 3.34. The van der Waals surface area contributed by atoms with Crippen LogP contribution in [-0.2, 0) is 16.0 Å². The topological polar surface area (TPSA) is 132 Å². The van der Waals surface area contributed by atoms with Crippen LogP contribution in [0.4, 0.5) is 16.2 Å². The van der Waals surface area contributed by atoms with Crippen LogP contribution < -0.4 is 20.7 Å². The molecule has 2 unspecified atom stereocenters. The summed E-state index contributed by atoms with van der Waals surface area (Å²) in [6, 6.07) is 12.1. The number of amides is 3. The van der Waals surface area contributed by atoms with Crippen molar-refractivity contribution in [3.63, 3.8) is 0 Å². The highest BCUT2D eigenvalue weighted by atomic mass is 16.5. The van der Waals surface area contributed by atoms with Crippen LogP contribution in [0.2, 0.25) is 0 Å². The van der Waals surface area contributed by atoms with Gasteiger partial charge in [-0.25, -0.2) is 4.79 Å². The van der Waals surface area contributed by atoms with E-state index >= 15 is 0 Å². The van der Waals surface area contributed by atoms with Crippen LogP contribution in [0.25, 0.3) is 0 Å². The molecule has 2 atom stereocenters. The van der Waals surface area contributed by atoms with Gasteiger partial charge in [-0.1, -0.05) is 45.0 Å². The highest BCUT2D eigenvalue weighted by Crippen LogP contribution is 2.26. The minimum absolute atomic E-state index is 0.133. The Morgan fingerprint density at radius 2 is 1.79 bits per heavy atom. The maximum absolute atomic E-state index is 13.0. The maximum Gasteiger partial charge on any atom is 0.323 e. The number of aliphatic carboxylic acids is 1. The third-order valence-electron chi connectivity index (χ3n) is 6.52. The van der Waals surface area contributed by atoms with Crippen LogP contribution in [-0.4, -0.2) is 60.0 Å². The van der Waals surface area contributed by atoms with Crippen molar-refractivity contribution in [1.29, 1.82) is 0 Å². The van der Waals surface area contributed by atoms with E-state index in [0.717, 1.165) is 23.3 Å². The van der Waals surface area contributed by atoms with Crippen LogP contribution in [0, 0.1) is 18.8 Å². The molecule has 0 radical (unpaired) electrons. The normalized spacial score (nSPS) is 14.4. The maximum atomic E-state index is 13.0. The Bertz CT molecular complexity index is 1210. The molecule has 3 amide bonds. The lowest BCUT2D eigenvalue weighted by Crippen LogP contribution is -2.42. The van der Waals surface area contributed by atoms with Gasteiger partial charge in [0.15, 0.2) is 0 Å². The fraction of sp³-hybridized carbons (Fsp3) is 0.448. The molecule has 4 N–H and O–H groups in total. The molecule has 0 aromatic heterocycles. The zero-order valence-electron chi connectivity index (χ0n) is 23.3. The number of carboxylic acids is 1. The van der Waals surface area contributed by atoms with E-state index in [9.17, 15) is 19.5 Å². The molecule has 2 aromatic carbocycles. The summed E-state index contributed by atoms with van der Waals surface area (Å²) >= 11 is 0. The number of para-hydroxylation sites is 1. The van der Waals surface area contributed by atoms with Crippen LogP contribution in [0.15, 0.2) is 47.6 Å². The first-order valence-corrected chi connectivity index (χ1v) is 13.2. The van der Waals surface area contributed by atoms with E-state index in [1.165, 1.54) is 7.11 Å². The monoisotopic (exact) mass is 537 g/mol. The van der Waals surface area contributed by atoms with Crippen molar-refractivity contribution in [2.75, 3.05) is 30.8 Å². The van der Waals surface area contributed by atoms with Gasteiger partial charge in [0, 0.05) is 25.2 Å². The van der Waals surface area contributed by atoms with Gasteiger partial charge in [-0.15, -0.1) is 0 Å². The van der Waals surface area contributed by atoms with Crippen molar-refractivity contribution in [1.82, 2.24) is 10.3 Å². The molecule has 0 fully saturated rings. The molecule has 0 bridgehead atoms. The lowest BCUT2D eigenvalue weighted by atomic mass is 9.98. The van der Waals surface area contributed by atoms with Crippen molar-refractivity contribution in [2.24, 2.45) is 16.9 Å². The number of hydrogen-bond donors (Lipinski definition) is 4. The van der Waals surface area contributed by atoms with E-state index in [4.69, 9.17) is 4.74 Å². The number of urea groups is 1. The minimum atomic E-state index is -0.853. The second-order valence-corrected chi connectivity index (χ2v) is 10.3. The number of methoxy groups -OCH3 is 1. The smallest absolute Gasteiger partial charge is 0.323 e. The number of rotatable bonds is 12. The number of carboxylic acid groups (broad SMARTS) is 1. The van der Waals surface area contributed by atoms with E-state index in [-0.39, 0.29) is 18.4 Å². The number of hydrazone groups is 1. The van der Waals surface area contributed by atoms with Gasteiger partial charge in [0.2, 0.25) is 5.91 Å². The number of anilines is 2. The Kier molecular flexibility index (Phi) is 10.3. The first-order chi connectivity index (χ1) is 18.5. The van der Waals surface area contributed by atoms with Crippen LogP contribution in [0.5, 0.6) is 5.75 Å². The van der Waals surface area contributed by atoms with Gasteiger partial charge in [0.25, 0.3) is 0 Å². The number of carbonyl (C=O) groups excluding carboxylic acids is 2. The highest BCUT2D eigenvalue weighted by Gasteiger charge is 2.27. The van der Waals surface area contributed by atoms with E-state index in [1.807, 2.05) is 31.2 Å². The van der Waals surface area contributed by atoms with E-state index in [1.54, 1.807) is 30.1 Å². The Hall–Kier alpha value is -4.08. The number of nitrogens with one attached hydrogen (secondary N) is 3. The molecule has 3 rings (SSSR count). The third-order valence-corrected chi connectivity index (χ3v) is 6.52. The van der Waals surface area contributed by atoms with Crippen LogP contribution in [0.1, 0.15) is 44.7 Å². The number of nitrogens with zero attached hydrogens (tertiary/aromatic N) is 2. The minimum Gasteiger partial charge on any atom is -0.495 e. The Morgan fingerprint density at radius 3 is 2.46 bits per heavy atom. The molecule has 210 valence electrons. The molecular formula is C29H39N5O5. The van der Waals surface area contributed by atoms with Crippen molar-refractivity contribution in [3.05, 3.63) is 53.6 Å². The molecule has 1 aliphatic heterocycles. The van der Waals surface area contributed by atoms with Crippen LogP contribution >= 0.6 is 0 Å². The molecule has 10 heteroatoms. The van der Waals surface area contributed by atoms with Gasteiger partial charge in [-0.3, -0.25) is 14.6 Å². The summed E-state index contributed by atoms with van der Waals surface area (Å²) in [5.74, 6) is -0.745. The molecule has 2 aromatic rings. The average molecular weight is 538 g/mol. The second-order valence-electron chi connectivity index (χ2n) is 10.3. The predicted molar refractivity (Wildman–Crippen MR) is 152 cm³/mol. The number of benzene rings is 2. The summed E-state index contributed by atoms with van der Waals surface area (Å²) in [6.45, 7) is 8.73. The van der Waals surface area contributed by atoms with E-state index in [0.29, 0.717) is 42.6 Å². The zero-order valence-corrected chi connectivity index (χ0v) is 23.3. The predicted octanol–water partition coefficient (Wildman–Crippen LogP) is 4.50. The Morgan fingerprint density at radius 1 is 1.08 bits per heavy atom. The molecular weight excluding hydrogens is 498 g/mol. The standard InChI is InChI=1S/C29H39N5O5/c1-18(2)14-25(23-12-13-34(33-23)17-20(4)28(36)37)30-27(35)16-21-10-11-24(26(15-21)39-5)32-29(38)31-22-9-7-6-8-19(22)3/h6-11,15,18,20,25H,12-14,16-17H2,1-5H3,(H,30,35)(H,36,37)(H2,31,32,38). The summed E-state index contributed by atoms with van der Waals surface area (Å²) < 4.78 is 5.48. The molecule has 0 spiro atoms. The van der Waals surface area contributed by atoms with Crippen molar-refractivity contribution in [2.45, 2.75) is 53.0 Å². The fourth-order valence-electron chi connectivity index (χ4n) is 4.41. The molecule has 1 aliphatic rings. The van der Waals surface area contributed by atoms with Gasteiger partial charge in [0.05, 0.1) is 36.9 Å². The molecule has 0 saturated heterocycles. The van der Waals surface area contributed by atoms with Gasteiger partial charge in [0.1, 0.15) is 5.75 Å². The largest absolute Gasteiger partial charge is 0.495 e. The van der Waals surface area contributed by atoms with Gasteiger partial charge in [-0.05, 0) is 48.6 Å². The summed E-state index contributed by atoms with van der Waals surface area (Å²) in [7, 11) is 1.51. The second kappa shape index (κ2) is 13.6. The fourth-order valence-corrected chi connectivity index (χ4v) is 4.41. The lowest BCUT2D eigenvalue weighted by Gasteiger charge is -2.21. The van der Waals surface area contributed by atoms with Gasteiger partial charge in [-0.2, -0.15) is 5.10 Å². The quantitative estimate of drug-likeness (QED) is 0.315. The van der Waals surface area contributed by atoms with Crippen molar-refractivity contribution < 1.29 is 24.2 Å².